The van der Waals surface area contributed by atoms with Crippen LogP contribution in [0.1, 0.15) is 11.1 Å². The number of rotatable bonds is 2. The van der Waals surface area contributed by atoms with Gasteiger partial charge in [0.15, 0.2) is 5.82 Å². The van der Waals surface area contributed by atoms with Gasteiger partial charge in [0.2, 0.25) is 0 Å². The number of phenolic OH excluding ortho intramolecular Hbond substituents is 1. The number of anilines is 2. The van der Waals surface area contributed by atoms with E-state index in [1.54, 1.807) is 9.62 Å². The lowest BCUT2D eigenvalue weighted by atomic mass is 10.0. The summed E-state index contributed by atoms with van der Waals surface area (Å²) in [4.78, 5) is 25.4. The van der Waals surface area contributed by atoms with E-state index in [1.807, 2.05) is 24.3 Å². The maximum Gasteiger partial charge on any atom is 0.326 e. The molecule has 2 aliphatic heterocycles. The van der Waals surface area contributed by atoms with E-state index in [4.69, 9.17) is 0 Å². The third-order valence-corrected chi connectivity index (χ3v) is 6.16. The number of phenols is 1. The molecular formula is C18H17FN4O5S. The number of urea groups is 1. The quantitative estimate of drug-likeness (QED) is 0.677. The fourth-order valence-electron chi connectivity index (χ4n) is 3.42. The van der Waals surface area contributed by atoms with Crippen LogP contribution in [0.25, 0.3) is 0 Å². The number of fused-ring (bicyclic) bond motifs is 1. The van der Waals surface area contributed by atoms with Gasteiger partial charge in [0.05, 0.1) is 0 Å². The van der Waals surface area contributed by atoms with Crippen LogP contribution in [0.3, 0.4) is 0 Å². The lowest BCUT2D eigenvalue weighted by molar-refractivity contribution is -0.117. The molecule has 2 heterocycles. The van der Waals surface area contributed by atoms with Crippen LogP contribution >= 0.6 is 0 Å². The van der Waals surface area contributed by atoms with E-state index in [9.17, 15) is 27.5 Å². The van der Waals surface area contributed by atoms with E-state index in [2.05, 4.69) is 5.32 Å². The number of aromatic hydroxyl groups is 1. The highest BCUT2D eigenvalue weighted by Crippen LogP contribution is 2.36. The number of hydrogen-bond donors (Lipinski definition) is 3. The Morgan fingerprint density at radius 2 is 1.90 bits per heavy atom. The summed E-state index contributed by atoms with van der Waals surface area (Å²) in [5.41, 5.74) is 1.49. The summed E-state index contributed by atoms with van der Waals surface area (Å²) in [6.07, 6.45) is 0.690. The minimum absolute atomic E-state index is 0.0384. The number of benzene rings is 2. The smallest absolute Gasteiger partial charge is 0.326 e. The normalized spacial score (nSPS) is 17.6. The zero-order valence-electron chi connectivity index (χ0n) is 15.1. The van der Waals surface area contributed by atoms with Gasteiger partial charge in [-0.05, 0) is 23.6 Å². The second-order valence-corrected chi connectivity index (χ2v) is 8.33. The molecule has 0 unspecified atom stereocenters. The molecule has 2 aliphatic rings. The Bertz CT molecular complexity index is 1100. The number of nitrogens with one attached hydrogen (secondary N) is 2. The fourth-order valence-corrected chi connectivity index (χ4v) is 4.59. The molecule has 0 atom stereocenters. The van der Waals surface area contributed by atoms with E-state index < -0.39 is 45.9 Å². The van der Waals surface area contributed by atoms with Gasteiger partial charge in [-0.15, -0.1) is 0 Å². The number of nitrogens with zero attached hydrogens (tertiary/aromatic N) is 2. The lowest BCUT2D eigenvalue weighted by Gasteiger charge is -2.29. The van der Waals surface area contributed by atoms with Gasteiger partial charge in [-0.2, -0.15) is 8.42 Å². The molecule has 3 amide bonds. The second-order valence-electron chi connectivity index (χ2n) is 6.73. The Morgan fingerprint density at radius 1 is 1.17 bits per heavy atom. The fraction of sp³-hybridized carbons (Fsp3) is 0.222. The summed E-state index contributed by atoms with van der Waals surface area (Å²) in [6, 6.07) is 9.21. The Balaban J connectivity index is 1.53. The van der Waals surface area contributed by atoms with Crippen molar-refractivity contribution in [3.63, 3.8) is 0 Å². The van der Waals surface area contributed by atoms with Gasteiger partial charge in [-0.1, -0.05) is 24.3 Å². The first-order valence-corrected chi connectivity index (χ1v) is 10.2. The number of halogens is 1. The highest BCUT2D eigenvalue weighted by molar-refractivity contribution is 7.92. The van der Waals surface area contributed by atoms with Gasteiger partial charge >= 0.3 is 16.2 Å². The van der Waals surface area contributed by atoms with Gasteiger partial charge in [-0.3, -0.25) is 4.79 Å². The maximum atomic E-state index is 14.6. The van der Waals surface area contributed by atoms with Crippen molar-refractivity contribution in [2.24, 2.45) is 0 Å². The van der Waals surface area contributed by atoms with Crippen LogP contribution in [0.5, 0.6) is 5.75 Å². The van der Waals surface area contributed by atoms with Gasteiger partial charge < -0.3 is 15.3 Å². The number of carbonyl (C=O) groups excluding carboxylic acids is 2. The summed E-state index contributed by atoms with van der Waals surface area (Å²) in [7, 11) is -4.28. The summed E-state index contributed by atoms with van der Waals surface area (Å²) in [5, 5.41) is 12.7. The third kappa shape index (κ3) is 3.56. The highest BCUT2D eigenvalue weighted by Gasteiger charge is 2.37. The van der Waals surface area contributed by atoms with Gasteiger partial charge in [-0.25, -0.2) is 18.2 Å². The van der Waals surface area contributed by atoms with E-state index in [1.165, 1.54) is 5.56 Å². The van der Waals surface area contributed by atoms with Gasteiger partial charge in [0.1, 0.15) is 18.0 Å². The van der Waals surface area contributed by atoms with Crippen molar-refractivity contribution in [3.8, 4) is 5.75 Å². The minimum Gasteiger partial charge on any atom is -0.506 e. The molecule has 0 aromatic heterocycles. The molecule has 4 rings (SSSR count). The largest absolute Gasteiger partial charge is 0.506 e. The molecule has 2 aromatic rings. The highest BCUT2D eigenvalue weighted by atomic mass is 32.2. The summed E-state index contributed by atoms with van der Waals surface area (Å²) in [5.74, 6) is -2.65. The van der Waals surface area contributed by atoms with Crippen molar-refractivity contribution in [1.82, 2.24) is 9.62 Å². The molecule has 29 heavy (non-hydrogen) atoms. The monoisotopic (exact) mass is 420 g/mol. The van der Waals surface area contributed by atoms with Crippen molar-refractivity contribution in [1.29, 1.82) is 0 Å². The van der Waals surface area contributed by atoms with Gasteiger partial charge in [0.25, 0.3) is 5.91 Å². The second kappa shape index (κ2) is 6.92. The van der Waals surface area contributed by atoms with E-state index >= 15 is 0 Å². The minimum atomic E-state index is -4.28. The van der Waals surface area contributed by atoms with Crippen molar-refractivity contribution < 1.29 is 27.5 Å². The molecule has 11 heteroatoms. The Hall–Kier alpha value is -3.34. The zero-order valence-corrected chi connectivity index (χ0v) is 15.9. The molecule has 3 N–H and O–H groups in total. The first-order valence-electron chi connectivity index (χ1n) is 8.73. The van der Waals surface area contributed by atoms with Crippen LogP contribution < -0.4 is 14.3 Å². The predicted molar refractivity (Wildman–Crippen MR) is 102 cm³/mol. The average Bonchev–Trinajstić information content (AvgIpc) is 2.92. The Morgan fingerprint density at radius 3 is 2.55 bits per heavy atom. The predicted octanol–water partition coefficient (Wildman–Crippen LogP) is 1.30. The number of amides is 3. The third-order valence-electron chi connectivity index (χ3n) is 4.78. The van der Waals surface area contributed by atoms with Crippen LogP contribution in [0.4, 0.5) is 20.6 Å². The van der Waals surface area contributed by atoms with Crippen LogP contribution in [0.2, 0.25) is 0 Å². The van der Waals surface area contributed by atoms with E-state index in [0.29, 0.717) is 23.8 Å². The van der Waals surface area contributed by atoms with Gasteiger partial charge in [0, 0.05) is 24.8 Å². The molecule has 0 radical (unpaired) electrons. The van der Waals surface area contributed by atoms with E-state index in [0.717, 1.165) is 17.7 Å². The molecule has 9 nitrogen and oxygen atoms in total. The standard InChI is InChI=1S/C18H17FN4O5S/c19-14-7-13(8-15(24)17(14)23-10-16(25)21-29(23,27)28)20-18(26)22-6-5-11-3-1-2-4-12(11)9-22/h1-4,7-8,24H,5-6,9-10H2,(H,20,26)(H,21,25). The van der Waals surface area contributed by atoms with Crippen LogP contribution in [-0.2, 0) is 28.0 Å². The van der Waals surface area contributed by atoms with Crippen LogP contribution in [0.15, 0.2) is 36.4 Å². The topological polar surface area (TPSA) is 119 Å². The summed E-state index contributed by atoms with van der Waals surface area (Å²) < 4.78 is 40.5. The molecule has 0 spiro atoms. The Labute approximate surface area is 165 Å². The van der Waals surface area contributed by atoms with Crippen molar-refractivity contribution in [3.05, 3.63) is 53.3 Å². The van der Waals surface area contributed by atoms with Crippen LogP contribution in [-0.4, -0.2) is 43.5 Å². The molecule has 1 fully saturated rings. The van der Waals surface area contributed by atoms with Crippen molar-refractivity contribution >= 4 is 33.5 Å². The maximum absolute atomic E-state index is 14.6. The summed E-state index contributed by atoms with van der Waals surface area (Å²) in [6.45, 7) is 0.231. The number of hydrogen-bond acceptors (Lipinski definition) is 5. The van der Waals surface area contributed by atoms with Crippen LogP contribution in [0, 0.1) is 5.82 Å². The Kier molecular flexibility index (Phi) is 4.53. The molecule has 152 valence electrons. The van der Waals surface area contributed by atoms with Crippen molar-refractivity contribution in [2.45, 2.75) is 13.0 Å². The SMILES string of the molecule is O=C1CN(c2c(O)cc(NC(=O)N3CCc4ccccc4C3)cc2F)S(=O)(=O)N1. The molecule has 1 saturated heterocycles. The first-order chi connectivity index (χ1) is 13.7. The first kappa shape index (κ1) is 19.0. The molecule has 0 saturated carbocycles. The molecule has 0 bridgehead atoms. The lowest BCUT2D eigenvalue weighted by Crippen LogP contribution is -2.38. The van der Waals surface area contributed by atoms with Crippen molar-refractivity contribution in [2.75, 3.05) is 22.7 Å². The average molecular weight is 420 g/mol. The molecular weight excluding hydrogens is 403 g/mol. The van der Waals surface area contributed by atoms with E-state index in [-0.39, 0.29) is 5.69 Å². The zero-order chi connectivity index (χ0) is 20.8. The molecule has 0 aliphatic carbocycles. The summed E-state index contributed by atoms with van der Waals surface area (Å²) >= 11 is 0. The number of carbonyl (C=O) groups is 2. The molecule has 2 aromatic carbocycles.